The van der Waals surface area contributed by atoms with Gasteiger partial charge in [-0.2, -0.15) is 0 Å². The Bertz CT molecular complexity index is 601. The number of hydrogen-bond donors (Lipinski definition) is 1. The fourth-order valence-corrected chi connectivity index (χ4v) is 2.76. The number of nitrogens with zero attached hydrogens (tertiary/aromatic N) is 1. The lowest BCUT2D eigenvalue weighted by molar-refractivity contribution is 0.615. The van der Waals surface area contributed by atoms with Crippen LogP contribution in [-0.4, -0.2) is 13.6 Å². The number of nitrogens with two attached hydrogens (primary N) is 1. The van der Waals surface area contributed by atoms with Crippen LogP contribution in [0.2, 0.25) is 0 Å². The summed E-state index contributed by atoms with van der Waals surface area (Å²) >= 11 is 3.23. The van der Waals surface area contributed by atoms with Gasteiger partial charge in [0.2, 0.25) is 0 Å². The van der Waals surface area contributed by atoms with Crippen LogP contribution in [0, 0.1) is 12.7 Å². The van der Waals surface area contributed by atoms with Gasteiger partial charge in [-0.25, -0.2) is 4.39 Å². The van der Waals surface area contributed by atoms with Gasteiger partial charge in [0.05, 0.1) is 10.5 Å². The first-order chi connectivity index (χ1) is 9.54. The molecule has 0 fully saturated rings. The van der Waals surface area contributed by atoms with E-state index in [0.29, 0.717) is 11.0 Å². The van der Waals surface area contributed by atoms with Crippen molar-refractivity contribution in [2.24, 2.45) is 5.73 Å². The first-order valence-electron chi connectivity index (χ1n) is 6.48. The fraction of sp³-hybridized carbons (Fsp3) is 0.250. The van der Waals surface area contributed by atoms with Gasteiger partial charge in [0.25, 0.3) is 0 Å². The predicted molar refractivity (Wildman–Crippen MR) is 85.5 cm³/mol. The van der Waals surface area contributed by atoms with Crippen LogP contribution in [-0.2, 0) is 0 Å². The molecule has 0 bridgehead atoms. The van der Waals surface area contributed by atoms with E-state index >= 15 is 0 Å². The van der Waals surface area contributed by atoms with Crippen molar-refractivity contribution in [1.29, 1.82) is 0 Å². The molecule has 0 saturated carbocycles. The Morgan fingerprint density at radius 3 is 2.55 bits per heavy atom. The number of rotatable bonds is 4. The molecule has 0 aliphatic rings. The SMILES string of the molecule is Cc1ccccc1N(C)C(CN)c1ccc(F)c(Br)c1. The van der Waals surface area contributed by atoms with Crippen molar-refractivity contribution in [1.82, 2.24) is 0 Å². The second kappa shape index (κ2) is 6.37. The van der Waals surface area contributed by atoms with Crippen LogP contribution < -0.4 is 10.6 Å². The van der Waals surface area contributed by atoms with Crippen molar-refractivity contribution < 1.29 is 4.39 Å². The van der Waals surface area contributed by atoms with Crippen LogP contribution in [0.5, 0.6) is 0 Å². The number of benzene rings is 2. The molecule has 0 saturated heterocycles. The zero-order valence-corrected chi connectivity index (χ0v) is 13.2. The van der Waals surface area contributed by atoms with Crippen molar-refractivity contribution in [3.05, 3.63) is 63.9 Å². The molecule has 0 radical (unpaired) electrons. The molecule has 0 aliphatic carbocycles. The van der Waals surface area contributed by atoms with Gasteiger partial charge < -0.3 is 10.6 Å². The van der Waals surface area contributed by atoms with Crippen molar-refractivity contribution in [3.8, 4) is 0 Å². The average Bonchev–Trinajstić information content (AvgIpc) is 2.44. The molecule has 0 heterocycles. The minimum Gasteiger partial charge on any atom is -0.366 e. The minimum atomic E-state index is -0.261. The summed E-state index contributed by atoms with van der Waals surface area (Å²) in [7, 11) is 2.01. The molecule has 1 atom stereocenters. The number of halogens is 2. The third kappa shape index (κ3) is 3.02. The smallest absolute Gasteiger partial charge is 0.137 e. The van der Waals surface area contributed by atoms with E-state index in [2.05, 4.69) is 39.9 Å². The Morgan fingerprint density at radius 2 is 1.95 bits per heavy atom. The minimum absolute atomic E-state index is 0.00741. The maximum absolute atomic E-state index is 13.4. The van der Waals surface area contributed by atoms with E-state index in [4.69, 9.17) is 5.73 Å². The topological polar surface area (TPSA) is 29.3 Å². The average molecular weight is 337 g/mol. The van der Waals surface area contributed by atoms with Gasteiger partial charge in [0, 0.05) is 19.3 Å². The quantitative estimate of drug-likeness (QED) is 0.913. The molecule has 2 N–H and O–H groups in total. The molecule has 1 unspecified atom stereocenters. The van der Waals surface area contributed by atoms with Crippen LogP contribution in [0.3, 0.4) is 0 Å². The fourth-order valence-electron chi connectivity index (χ4n) is 2.36. The Labute approximate surface area is 127 Å². The van der Waals surface area contributed by atoms with E-state index in [1.54, 1.807) is 12.1 Å². The van der Waals surface area contributed by atoms with Gasteiger partial charge in [0.1, 0.15) is 5.82 Å². The molecule has 2 nitrogen and oxygen atoms in total. The normalized spacial score (nSPS) is 12.2. The highest BCUT2D eigenvalue weighted by molar-refractivity contribution is 9.10. The monoisotopic (exact) mass is 336 g/mol. The highest BCUT2D eigenvalue weighted by Crippen LogP contribution is 2.29. The van der Waals surface area contributed by atoms with Crippen LogP contribution in [0.4, 0.5) is 10.1 Å². The van der Waals surface area contributed by atoms with E-state index < -0.39 is 0 Å². The summed E-state index contributed by atoms with van der Waals surface area (Å²) in [5.74, 6) is -0.261. The zero-order valence-electron chi connectivity index (χ0n) is 11.6. The Hall–Kier alpha value is -1.39. The van der Waals surface area contributed by atoms with E-state index in [1.165, 1.54) is 11.6 Å². The third-order valence-corrected chi connectivity index (χ3v) is 4.12. The maximum atomic E-state index is 13.4. The number of anilines is 1. The standard InChI is InChI=1S/C16H18BrFN2/c1-11-5-3-4-6-15(11)20(2)16(10-19)12-7-8-14(18)13(17)9-12/h3-9,16H,10,19H2,1-2H3. The van der Waals surface area contributed by atoms with Crippen LogP contribution in [0.15, 0.2) is 46.9 Å². The number of para-hydroxylation sites is 1. The van der Waals surface area contributed by atoms with Gasteiger partial charge in [-0.05, 0) is 52.2 Å². The lowest BCUT2D eigenvalue weighted by atomic mass is 10.0. The van der Waals surface area contributed by atoms with Gasteiger partial charge in [-0.3, -0.25) is 0 Å². The predicted octanol–water partition coefficient (Wildman–Crippen LogP) is 4.03. The maximum Gasteiger partial charge on any atom is 0.137 e. The molecule has 0 aliphatic heterocycles. The van der Waals surface area contributed by atoms with Crippen LogP contribution >= 0.6 is 15.9 Å². The number of hydrogen-bond acceptors (Lipinski definition) is 2. The Morgan fingerprint density at radius 1 is 1.25 bits per heavy atom. The lowest BCUT2D eigenvalue weighted by Crippen LogP contribution is -2.30. The van der Waals surface area contributed by atoms with Crippen molar-refractivity contribution in [2.75, 3.05) is 18.5 Å². The number of aryl methyl sites for hydroxylation is 1. The van der Waals surface area contributed by atoms with Crippen molar-refractivity contribution in [3.63, 3.8) is 0 Å². The van der Waals surface area contributed by atoms with Gasteiger partial charge in [-0.1, -0.05) is 24.3 Å². The van der Waals surface area contributed by atoms with Crippen LogP contribution in [0.1, 0.15) is 17.2 Å². The second-order valence-electron chi connectivity index (χ2n) is 4.82. The summed E-state index contributed by atoms with van der Waals surface area (Å²) < 4.78 is 13.8. The first-order valence-corrected chi connectivity index (χ1v) is 7.27. The highest BCUT2D eigenvalue weighted by atomic mass is 79.9. The van der Waals surface area contributed by atoms with E-state index in [0.717, 1.165) is 11.3 Å². The summed E-state index contributed by atoms with van der Waals surface area (Å²) in [6.07, 6.45) is 0. The molecule has 2 rings (SSSR count). The highest BCUT2D eigenvalue weighted by Gasteiger charge is 2.18. The van der Waals surface area contributed by atoms with E-state index in [9.17, 15) is 4.39 Å². The van der Waals surface area contributed by atoms with Crippen LogP contribution in [0.25, 0.3) is 0 Å². The van der Waals surface area contributed by atoms with E-state index in [-0.39, 0.29) is 11.9 Å². The second-order valence-corrected chi connectivity index (χ2v) is 5.68. The summed E-state index contributed by atoms with van der Waals surface area (Å²) in [6.45, 7) is 2.53. The number of likely N-dealkylation sites (N-methyl/N-ethyl adjacent to an activating group) is 1. The Balaban J connectivity index is 2.36. The van der Waals surface area contributed by atoms with Gasteiger partial charge in [0.15, 0.2) is 0 Å². The molecule has 20 heavy (non-hydrogen) atoms. The molecule has 2 aromatic rings. The lowest BCUT2D eigenvalue weighted by Gasteiger charge is -2.31. The Kier molecular flexibility index (Phi) is 4.78. The molecule has 2 aromatic carbocycles. The molecule has 4 heteroatoms. The summed E-state index contributed by atoms with van der Waals surface area (Å²) in [5, 5.41) is 0. The summed E-state index contributed by atoms with van der Waals surface area (Å²) in [5.41, 5.74) is 9.24. The van der Waals surface area contributed by atoms with E-state index in [1.807, 2.05) is 19.2 Å². The molecule has 0 aromatic heterocycles. The summed E-state index contributed by atoms with van der Waals surface area (Å²) in [6, 6.07) is 13.2. The molecule has 0 spiro atoms. The van der Waals surface area contributed by atoms with Crippen molar-refractivity contribution >= 4 is 21.6 Å². The molecular formula is C16H18BrFN2. The largest absolute Gasteiger partial charge is 0.366 e. The molecule has 0 amide bonds. The first kappa shape index (κ1) is 15.0. The zero-order chi connectivity index (χ0) is 14.7. The summed E-state index contributed by atoms with van der Waals surface area (Å²) in [4.78, 5) is 2.13. The van der Waals surface area contributed by atoms with Gasteiger partial charge >= 0.3 is 0 Å². The molecular weight excluding hydrogens is 319 g/mol. The van der Waals surface area contributed by atoms with Gasteiger partial charge in [-0.15, -0.1) is 0 Å². The third-order valence-electron chi connectivity index (χ3n) is 3.51. The van der Waals surface area contributed by atoms with Crippen molar-refractivity contribution in [2.45, 2.75) is 13.0 Å². The molecule has 106 valence electrons.